The Kier molecular flexibility index (Phi) is 8.32. The van der Waals surface area contributed by atoms with E-state index in [2.05, 4.69) is 13.2 Å². The standard InChI is InChI=1S/C29H26O5/c1-20(2)28(30)33-26-15-9-23(10-16-26)6-5-22-7-11-24(12-8-22)25-13-17-27(18-14-25)34-29(31)21(3)19-32-4/h5-18H,1,3,19H2,2,4H3/b6-5+. The first-order valence-electron chi connectivity index (χ1n) is 10.6. The van der Waals surface area contributed by atoms with Crippen LogP contribution in [0.15, 0.2) is 97.1 Å². The molecule has 0 aliphatic carbocycles. The van der Waals surface area contributed by atoms with Crippen molar-refractivity contribution in [3.05, 3.63) is 108 Å². The molecule has 0 saturated carbocycles. The molecule has 0 bridgehead atoms. The van der Waals surface area contributed by atoms with Gasteiger partial charge >= 0.3 is 11.9 Å². The number of carbonyl (C=O) groups excluding carboxylic acids is 2. The van der Waals surface area contributed by atoms with Crippen molar-refractivity contribution >= 4 is 24.1 Å². The molecule has 0 saturated heterocycles. The normalized spacial score (nSPS) is 10.6. The van der Waals surface area contributed by atoms with Gasteiger partial charge in [0.05, 0.1) is 12.2 Å². The molecule has 0 spiro atoms. The maximum atomic E-state index is 11.9. The minimum atomic E-state index is -0.506. The minimum Gasteiger partial charge on any atom is -0.423 e. The summed E-state index contributed by atoms with van der Waals surface area (Å²) in [5, 5.41) is 0. The fourth-order valence-corrected chi connectivity index (χ4v) is 2.95. The zero-order valence-electron chi connectivity index (χ0n) is 19.2. The molecule has 0 N–H and O–H groups in total. The third-order valence-corrected chi connectivity index (χ3v) is 4.82. The lowest BCUT2D eigenvalue weighted by molar-refractivity contribution is -0.131. The Morgan fingerprint density at radius 3 is 1.59 bits per heavy atom. The van der Waals surface area contributed by atoms with Crippen LogP contribution in [-0.2, 0) is 14.3 Å². The molecule has 0 atom stereocenters. The van der Waals surface area contributed by atoms with Crippen LogP contribution in [0.4, 0.5) is 0 Å². The second-order valence-corrected chi connectivity index (χ2v) is 7.64. The fraction of sp³-hybridized carbons (Fsp3) is 0.103. The van der Waals surface area contributed by atoms with Crippen LogP contribution in [-0.4, -0.2) is 25.7 Å². The van der Waals surface area contributed by atoms with Gasteiger partial charge in [-0.1, -0.05) is 73.8 Å². The second-order valence-electron chi connectivity index (χ2n) is 7.64. The van der Waals surface area contributed by atoms with Crippen molar-refractivity contribution in [2.75, 3.05) is 13.7 Å². The molecule has 0 heterocycles. The number of esters is 2. The highest BCUT2D eigenvalue weighted by Gasteiger charge is 2.10. The van der Waals surface area contributed by atoms with Gasteiger partial charge in [-0.05, 0) is 53.4 Å². The van der Waals surface area contributed by atoms with Crippen LogP contribution in [0.1, 0.15) is 18.1 Å². The summed E-state index contributed by atoms with van der Waals surface area (Å²) in [5.74, 6) is -0.0126. The number of hydrogen-bond acceptors (Lipinski definition) is 5. The van der Waals surface area contributed by atoms with Crippen molar-refractivity contribution in [3.8, 4) is 22.6 Å². The summed E-state index contributed by atoms with van der Waals surface area (Å²) in [7, 11) is 1.50. The molecule has 5 heteroatoms. The Morgan fingerprint density at radius 1 is 0.706 bits per heavy atom. The Labute approximate surface area is 199 Å². The molecule has 0 aromatic heterocycles. The summed E-state index contributed by atoms with van der Waals surface area (Å²) >= 11 is 0. The molecule has 3 aromatic rings. The first kappa shape index (κ1) is 24.4. The third-order valence-electron chi connectivity index (χ3n) is 4.82. The molecule has 0 unspecified atom stereocenters. The van der Waals surface area contributed by atoms with E-state index in [4.69, 9.17) is 14.2 Å². The summed E-state index contributed by atoms with van der Waals surface area (Å²) in [5.41, 5.74) is 4.70. The van der Waals surface area contributed by atoms with Crippen LogP contribution in [0.25, 0.3) is 23.3 Å². The van der Waals surface area contributed by atoms with E-state index in [9.17, 15) is 9.59 Å². The van der Waals surface area contributed by atoms with Gasteiger partial charge in [-0.2, -0.15) is 0 Å². The first-order chi connectivity index (χ1) is 16.4. The van der Waals surface area contributed by atoms with E-state index >= 15 is 0 Å². The quantitative estimate of drug-likeness (QED) is 0.169. The summed E-state index contributed by atoms with van der Waals surface area (Å²) < 4.78 is 15.4. The summed E-state index contributed by atoms with van der Waals surface area (Å²) in [6.45, 7) is 8.96. The maximum absolute atomic E-state index is 11.9. The molecular formula is C29H26O5. The van der Waals surface area contributed by atoms with Crippen LogP contribution in [0.3, 0.4) is 0 Å². The molecule has 0 fully saturated rings. The predicted molar refractivity (Wildman–Crippen MR) is 134 cm³/mol. The molecule has 0 aliphatic heterocycles. The molecule has 0 radical (unpaired) electrons. The zero-order chi connectivity index (χ0) is 24.5. The molecule has 3 rings (SSSR count). The number of ether oxygens (including phenoxy) is 3. The van der Waals surface area contributed by atoms with Gasteiger partial charge in [-0.15, -0.1) is 0 Å². The van der Waals surface area contributed by atoms with Gasteiger partial charge in [0.15, 0.2) is 0 Å². The highest BCUT2D eigenvalue weighted by atomic mass is 16.5. The Hall–Kier alpha value is -4.22. The number of hydrogen-bond donors (Lipinski definition) is 0. The third kappa shape index (κ3) is 6.89. The van der Waals surface area contributed by atoms with Crippen LogP contribution in [0, 0.1) is 0 Å². The lowest BCUT2D eigenvalue weighted by atomic mass is 10.0. The highest BCUT2D eigenvalue weighted by molar-refractivity contribution is 5.90. The van der Waals surface area contributed by atoms with Gasteiger partial charge in [0.1, 0.15) is 11.5 Å². The van der Waals surface area contributed by atoms with E-state index in [0.717, 1.165) is 22.3 Å². The van der Waals surface area contributed by atoms with E-state index in [0.29, 0.717) is 17.1 Å². The van der Waals surface area contributed by atoms with Crippen molar-refractivity contribution < 1.29 is 23.8 Å². The van der Waals surface area contributed by atoms with Gasteiger partial charge in [0, 0.05) is 12.7 Å². The van der Waals surface area contributed by atoms with Gasteiger partial charge < -0.3 is 14.2 Å². The van der Waals surface area contributed by atoms with Crippen molar-refractivity contribution in [2.45, 2.75) is 6.92 Å². The number of methoxy groups -OCH3 is 1. The summed E-state index contributed by atoms with van der Waals surface area (Å²) in [6, 6.07) is 22.7. The van der Waals surface area contributed by atoms with E-state index in [1.165, 1.54) is 7.11 Å². The molecular weight excluding hydrogens is 428 g/mol. The van der Waals surface area contributed by atoms with E-state index in [1.54, 1.807) is 31.2 Å². The Bertz CT molecular complexity index is 1200. The lowest BCUT2D eigenvalue weighted by Crippen LogP contribution is -2.13. The lowest BCUT2D eigenvalue weighted by Gasteiger charge is -2.07. The largest absolute Gasteiger partial charge is 0.423 e. The Balaban J connectivity index is 1.60. The molecule has 3 aromatic carbocycles. The average Bonchev–Trinajstić information content (AvgIpc) is 2.84. The predicted octanol–water partition coefficient (Wildman–Crippen LogP) is 6.11. The van der Waals surface area contributed by atoms with Gasteiger partial charge in [0.2, 0.25) is 0 Å². The smallest absolute Gasteiger partial charge is 0.341 e. The first-order valence-corrected chi connectivity index (χ1v) is 10.6. The van der Waals surface area contributed by atoms with Crippen LogP contribution < -0.4 is 9.47 Å². The van der Waals surface area contributed by atoms with E-state index < -0.39 is 11.9 Å². The van der Waals surface area contributed by atoms with Crippen molar-refractivity contribution in [3.63, 3.8) is 0 Å². The zero-order valence-corrected chi connectivity index (χ0v) is 19.2. The fourth-order valence-electron chi connectivity index (χ4n) is 2.95. The monoisotopic (exact) mass is 454 g/mol. The van der Waals surface area contributed by atoms with E-state index in [1.807, 2.05) is 60.7 Å². The van der Waals surface area contributed by atoms with Crippen LogP contribution in [0.2, 0.25) is 0 Å². The maximum Gasteiger partial charge on any atom is 0.341 e. The van der Waals surface area contributed by atoms with E-state index in [-0.39, 0.29) is 12.2 Å². The number of carbonyl (C=O) groups is 2. The van der Waals surface area contributed by atoms with Crippen LogP contribution >= 0.6 is 0 Å². The van der Waals surface area contributed by atoms with Crippen molar-refractivity contribution in [2.24, 2.45) is 0 Å². The number of benzene rings is 3. The average molecular weight is 455 g/mol. The Morgan fingerprint density at radius 2 is 1.12 bits per heavy atom. The molecule has 0 amide bonds. The molecule has 5 nitrogen and oxygen atoms in total. The summed E-state index contributed by atoms with van der Waals surface area (Å²) in [4.78, 5) is 23.5. The van der Waals surface area contributed by atoms with Crippen LogP contribution in [0.5, 0.6) is 11.5 Å². The summed E-state index contributed by atoms with van der Waals surface area (Å²) in [6.07, 6.45) is 3.99. The molecule has 0 aliphatic rings. The second kappa shape index (κ2) is 11.6. The number of rotatable bonds is 9. The van der Waals surface area contributed by atoms with Crippen molar-refractivity contribution in [1.82, 2.24) is 0 Å². The highest BCUT2D eigenvalue weighted by Crippen LogP contribution is 2.24. The molecule has 34 heavy (non-hydrogen) atoms. The topological polar surface area (TPSA) is 61.8 Å². The van der Waals surface area contributed by atoms with Gasteiger partial charge in [-0.25, -0.2) is 9.59 Å². The van der Waals surface area contributed by atoms with Gasteiger partial charge in [-0.3, -0.25) is 0 Å². The SMILES string of the molecule is C=C(C)C(=O)Oc1ccc(/C=C/c2ccc(-c3ccc(OC(=O)C(=C)COC)cc3)cc2)cc1. The minimum absolute atomic E-state index is 0.133. The molecule has 172 valence electrons. The van der Waals surface area contributed by atoms with Gasteiger partial charge in [0.25, 0.3) is 0 Å². The van der Waals surface area contributed by atoms with Crippen molar-refractivity contribution in [1.29, 1.82) is 0 Å².